The Morgan fingerprint density at radius 1 is 1.32 bits per heavy atom. The van der Waals surface area contributed by atoms with Crippen LogP contribution >= 0.6 is 11.3 Å². The molecule has 1 aliphatic heterocycles. The van der Waals surface area contributed by atoms with E-state index in [1.165, 1.54) is 15.8 Å². The molecule has 2 aromatic rings. The Hall–Kier alpha value is -2.69. The number of thiophene rings is 1. The van der Waals surface area contributed by atoms with Crippen LogP contribution in [-0.4, -0.2) is 46.7 Å². The van der Waals surface area contributed by atoms with Gasteiger partial charge in [0.15, 0.2) is 0 Å². The second-order valence-electron chi connectivity index (χ2n) is 5.43. The van der Waals surface area contributed by atoms with Crippen LogP contribution in [0.15, 0.2) is 30.3 Å². The van der Waals surface area contributed by atoms with E-state index < -0.39 is 11.9 Å². The van der Waals surface area contributed by atoms with E-state index in [1.807, 2.05) is 12.1 Å². The molecule has 130 valence electrons. The minimum absolute atomic E-state index is 0.792. The highest BCUT2D eigenvalue weighted by atomic mass is 32.1. The number of benzene rings is 1. The minimum atomic E-state index is -1.82. The van der Waals surface area contributed by atoms with Crippen LogP contribution in [0.25, 0.3) is 15.7 Å². The van der Waals surface area contributed by atoms with Crippen molar-refractivity contribution in [1.29, 1.82) is 5.26 Å². The lowest BCUT2D eigenvalue weighted by Gasteiger charge is -2.24. The molecule has 6 nitrogen and oxygen atoms in total. The molecule has 2 N–H and O–H groups in total. The summed E-state index contributed by atoms with van der Waals surface area (Å²) in [6, 6.07) is 10.5. The number of carboxylic acid groups (broad SMARTS) is 2. The number of hydrogen-bond donors (Lipinski definition) is 2. The van der Waals surface area contributed by atoms with E-state index in [4.69, 9.17) is 25.1 Å². The number of nitriles is 1. The van der Waals surface area contributed by atoms with E-state index in [0.717, 1.165) is 36.3 Å². The molecule has 2 heterocycles. The van der Waals surface area contributed by atoms with Gasteiger partial charge in [0.2, 0.25) is 0 Å². The molecule has 0 fully saturated rings. The summed E-state index contributed by atoms with van der Waals surface area (Å²) in [6.07, 6.45) is 3.45. The standard InChI is InChI=1S/C16H16N2S.C2H2O4/c1-2-18-8-6-12(7-9-18)15-10-13-4-3-5-14(11-17)16(13)19-15;3-1(4)2(5)6/h3-6,10H,2,7-9H2,1H3;(H,3,4)(H,5,6). The molecule has 0 saturated heterocycles. The number of carbonyl (C=O) groups is 2. The molecule has 25 heavy (non-hydrogen) atoms. The highest BCUT2D eigenvalue weighted by Crippen LogP contribution is 2.34. The monoisotopic (exact) mass is 358 g/mol. The molecule has 3 rings (SSSR count). The number of nitrogens with zero attached hydrogens (tertiary/aromatic N) is 2. The molecule has 1 aromatic carbocycles. The van der Waals surface area contributed by atoms with E-state index in [1.54, 1.807) is 11.3 Å². The molecular formula is C18H18N2O4S. The molecule has 0 saturated carbocycles. The van der Waals surface area contributed by atoms with Gasteiger partial charge in [-0.2, -0.15) is 5.26 Å². The smallest absolute Gasteiger partial charge is 0.414 e. The van der Waals surface area contributed by atoms with Crippen LogP contribution in [0, 0.1) is 11.3 Å². The Morgan fingerprint density at radius 3 is 2.56 bits per heavy atom. The van der Waals surface area contributed by atoms with Crippen LogP contribution < -0.4 is 0 Å². The zero-order valence-corrected chi connectivity index (χ0v) is 14.5. The first-order valence-electron chi connectivity index (χ1n) is 7.76. The van der Waals surface area contributed by atoms with Crippen LogP contribution in [0.2, 0.25) is 0 Å². The quantitative estimate of drug-likeness (QED) is 0.800. The van der Waals surface area contributed by atoms with E-state index in [9.17, 15) is 0 Å². The van der Waals surface area contributed by atoms with Gasteiger partial charge in [-0.25, -0.2) is 9.59 Å². The van der Waals surface area contributed by atoms with Crippen LogP contribution in [0.5, 0.6) is 0 Å². The van der Waals surface area contributed by atoms with Crippen molar-refractivity contribution in [2.75, 3.05) is 19.6 Å². The SMILES string of the molecule is CCN1CC=C(c2cc3cccc(C#N)c3s2)CC1.O=C(O)C(=O)O. The number of rotatable bonds is 2. The molecule has 0 unspecified atom stereocenters. The first kappa shape index (κ1) is 18.6. The van der Waals surface area contributed by atoms with Gasteiger partial charge in [0.1, 0.15) is 6.07 Å². The molecule has 0 amide bonds. The van der Waals surface area contributed by atoms with Crippen LogP contribution in [0.1, 0.15) is 23.8 Å². The van der Waals surface area contributed by atoms with Gasteiger partial charge < -0.3 is 10.2 Å². The Kier molecular flexibility index (Phi) is 6.28. The van der Waals surface area contributed by atoms with Crippen LogP contribution in [0.4, 0.5) is 0 Å². The second-order valence-corrected chi connectivity index (χ2v) is 6.48. The van der Waals surface area contributed by atoms with Gasteiger partial charge in [-0.05, 0) is 36.1 Å². The van der Waals surface area contributed by atoms with Crippen molar-refractivity contribution in [1.82, 2.24) is 4.90 Å². The van der Waals surface area contributed by atoms with Crippen molar-refractivity contribution in [3.05, 3.63) is 40.8 Å². The molecule has 0 bridgehead atoms. The van der Waals surface area contributed by atoms with Crippen molar-refractivity contribution in [2.24, 2.45) is 0 Å². The maximum Gasteiger partial charge on any atom is 0.414 e. The van der Waals surface area contributed by atoms with Crippen molar-refractivity contribution >= 4 is 38.9 Å². The summed E-state index contributed by atoms with van der Waals surface area (Å²) in [7, 11) is 0. The first-order valence-corrected chi connectivity index (χ1v) is 8.58. The number of carboxylic acids is 2. The summed E-state index contributed by atoms with van der Waals surface area (Å²) in [5.74, 6) is -3.65. The Balaban J connectivity index is 0.000000326. The first-order chi connectivity index (χ1) is 12.0. The van der Waals surface area contributed by atoms with Crippen molar-refractivity contribution < 1.29 is 19.8 Å². The summed E-state index contributed by atoms with van der Waals surface area (Å²) in [5, 5.41) is 25.1. The third-order valence-corrected chi connectivity index (χ3v) is 5.16. The molecule has 0 atom stereocenters. The van der Waals surface area contributed by atoms with Gasteiger partial charge in [-0.15, -0.1) is 11.3 Å². The van der Waals surface area contributed by atoms with Gasteiger partial charge in [0, 0.05) is 18.0 Å². The summed E-state index contributed by atoms with van der Waals surface area (Å²) in [5.41, 5.74) is 2.23. The van der Waals surface area contributed by atoms with Gasteiger partial charge in [-0.3, -0.25) is 4.90 Å². The molecular weight excluding hydrogens is 340 g/mol. The largest absolute Gasteiger partial charge is 0.473 e. The number of fused-ring (bicyclic) bond motifs is 1. The van der Waals surface area contributed by atoms with Gasteiger partial charge >= 0.3 is 11.9 Å². The third kappa shape index (κ3) is 4.66. The van der Waals surface area contributed by atoms with Crippen molar-refractivity contribution in [3.8, 4) is 6.07 Å². The summed E-state index contributed by atoms with van der Waals surface area (Å²) in [4.78, 5) is 22.0. The summed E-state index contributed by atoms with van der Waals surface area (Å²) in [6.45, 7) is 5.51. The van der Waals surface area contributed by atoms with E-state index in [2.05, 4.69) is 36.1 Å². The van der Waals surface area contributed by atoms with E-state index in [-0.39, 0.29) is 0 Å². The number of aliphatic carboxylic acids is 2. The van der Waals surface area contributed by atoms with Gasteiger partial charge in [-0.1, -0.05) is 25.1 Å². The maximum absolute atomic E-state index is 9.16. The predicted molar refractivity (Wildman–Crippen MR) is 96.5 cm³/mol. The predicted octanol–water partition coefficient (Wildman–Crippen LogP) is 3.04. The number of likely N-dealkylation sites (N-methyl/N-ethyl adjacent to an activating group) is 1. The lowest BCUT2D eigenvalue weighted by molar-refractivity contribution is -0.159. The summed E-state index contributed by atoms with van der Waals surface area (Å²) < 4.78 is 1.12. The normalized spacial score (nSPS) is 14.2. The fourth-order valence-electron chi connectivity index (χ4n) is 2.53. The van der Waals surface area contributed by atoms with E-state index in [0.29, 0.717) is 0 Å². The molecule has 1 aliphatic rings. The van der Waals surface area contributed by atoms with Crippen LogP contribution in [0.3, 0.4) is 0 Å². The molecule has 0 spiro atoms. The number of hydrogen-bond acceptors (Lipinski definition) is 5. The van der Waals surface area contributed by atoms with Gasteiger partial charge in [0.05, 0.1) is 10.3 Å². The maximum atomic E-state index is 9.16. The zero-order chi connectivity index (χ0) is 18.4. The minimum Gasteiger partial charge on any atom is -0.473 e. The fourth-order valence-corrected chi connectivity index (χ4v) is 3.72. The lowest BCUT2D eigenvalue weighted by atomic mass is 10.1. The highest BCUT2D eigenvalue weighted by molar-refractivity contribution is 7.20. The van der Waals surface area contributed by atoms with Crippen LogP contribution in [-0.2, 0) is 9.59 Å². The topological polar surface area (TPSA) is 102 Å². The molecule has 0 radical (unpaired) electrons. The average molecular weight is 358 g/mol. The second kappa shape index (κ2) is 8.42. The lowest BCUT2D eigenvalue weighted by Crippen LogP contribution is -2.27. The Labute approximate surface area is 149 Å². The summed E-state index contributed by atoms with van der Waals surface area (Å²) >= 11 is 1.75. The average Bonchev–Trinajstić information content (AvgIpc) is 3.06. The molecule has 0 aliphatic carbocycles. The van der Waals surface area contributed by atoms with Crippen molar-refractivity contribution in [3.63, 3.8) is 0 Å². The fraction of sp³-hybridized carbons (Fsp3) is 0.278. The molecule has 1 aromatic heterocycles. The molecule has 7 heteroatoms. The van der Waals surface area contributed by atoms with Gasteiger partial charge in [0.25, 0.3) is 0 Å². The zero-order valence-electron chi connectivity index (χ0n) is 13.7. The van der Waals surface area contributed by atoms with Crippen molar-refractivity contribution in [2.45, 2.75) is 13.3 Å². The third-order valence-electron chi connectivity index (χ3n) is 3.90. The Bertz CT molecular complexity index is 852. The Morgan fingerprint density at radius 2 is 2.04 bits per heavy atom. The highest BCUT2D eigenvalue weighted by Gasteiger charge is 2.14. The van der Waals surface area contributed by atoms with E-state index >= 15 is 0 Å².